The molecule has 1 atom stereocenters. The van der Waals surface area contributed by atoms with Crippen LogP contribution in [0.4, 0.5) is 17.1 Å². The van der Waals surface area contributed by atoms with Crippen molar-refractivity contribution in [3.63, 3.8) is 0 Å². The van der Waals surface area contributed by atoms with E-state index in [9.17, 15) is 4.79 Å². The Labute approximate surface area is 166 Å². The average Bonchev–Trinajstić information content (AvgIpc) is 2.99. The summed E-state index contributed by atoms with van der Waals surface area (Å²) in [4.78, 5) is 14.8. The summed E-state index contributed by atoms with van der Waals surface area (Å²) in [6, 6.07) is 14.1. The monoisotopic (exact) mass is 376 g/mol. The van der Waals surface area contributed by atoms with E-state index in [0.717, 1.165) is 23.5 Å². The summed E-state index contributed by atoms with van der Waals surface area (Å²) < 4.78 is 0. The number of carbonyl (C=O) groups is 1. The predicted molar refractivity (Wildman–Crippen MR) is 116 cm³/mol. The first-order valence-corrected chi connectivity index (χ1v) is 10.1. The van der Waals surface area contributed by atoms with E-state index in [0.29, 0.717) is 11.3 Å². The molecular formula is C23H28N4O. The van der Waals surface area contributed by atoms with Crippen molar-refractivity contribution >= 4 is 28.5 Å². The van der Waals surface area contributed by atoms with Crippen LogP contribution in [-0.2, 0) is 11.3 Å². The minimum atomic E-state index is -0.0777. The van der Waals surface area contributed by atoms with Gasteiger partial charge in [0.05, 0.1) is 0 Å². The number of nitrogens with two attached hydrogens (primary N) is 1. The van der Waals surface area contributed by atoms with Crippen molar-refractivity contribution in [2.45, 2.75) is 38.8 Å². The van der Waals surface area contributed by atoms with Crippen molar-refractivity contribution in [2.24, 2.45) is 0 Å². The number of nitrogens with one attached hydrogen (secondary N) is 2. The lowest BCUT2D eigenvalue weighted by atomic mass is 10.0. The third-order valence-corrected chi connectivity index (χ3v) is 5.45. The van der Waals surface area contributed by atoms with Gasteiger partial charge in [0.15, 0.2) is 0 Å². The fraction of sp³-hybridized carbons (Fsp3) is 0.348. The molecule has 28 heavy (non-hydrogen) atoms. The first-order chi connectivity index (χ1) is 13.6. The van der Waals surface area contributed by atoms with Gasteiger partial charge in [-0.15, -0.1) is 0 Å². The van der Waals surface area contributed by atoms with Gasteiger partial charge in [-0.05, 0) is 74.8 Å². The molecule has 2 aromatic rings. The highest BCUT2D eigenvalue weighted by atomic mass is 16.2. The van der Waals surface area contributed by atoms with Crippen LogP contribution in [-0.4, -0.2) is 29.9 Å². The molecule has 0 aliphatic carbocycles. The lowest BCUT2D eigenvalue weighted by Gasteiger charge is -2.26. The van der Waals surface area contributed by atoms with Gasteiger partial charge in [-0.25, -0.2) is 0 Å². The first kappa shape index (κ1) is 18.6. The number of rotatable bonds is 5. The zero-order valence-electron chi connectivity index (χ0n) is 16.4. The largest absolute Gasteiger partial charge is 0.399 e. The maximum atomic E-state index is 12.3. The molecule has 1 amide bonds. The van der Waals surface area contributed by atoms with Gasteiger partial charge in [0.2, 0.25) is 0 Å². The minimum Gasteiger partial charge on any atom is -0.399 e. The summed E-state index contributed by atoms with van der Waals surface area (Å²) in [6.07, 6.45) is 5.95. The van der Waals surface area contributed by atoms with Crippen molar-refractivity contribution in [2.75, 3.05) is 29.5 Å². The van der Waals surface area contributed by atoms with E-state index in [1.54, 1.807) is 6.07 Å². The van der Waals surface area contributed by atoms with Gasteiger partial charge in [-0.2, -0.15) is 0 Å². The second-order valence-corrected chi connectivity index (χ2v) is 7.81. The molecule has 146 valence electrons. The molecule has 0 bridgehead atoms. The van der Waals surface area contributed by atoms with Crippen molar-refractivity contribution in [1.29, 1.82) is 0 Å². The Hall–Kier alpha value is -2.79. The molecule has 1 unspecified atom stereocenters. The van der Waals surface area contributed by atoms with E-state index in [4.69, 9.17) is 5.73 Å². The third kappa shape index (κ3) is 4.20. The van der Waals surface area contributed by atoms with Gasteiger partial charge in [-0.3, -0.25) is 9.69 Å². The number of fused-ring (bicyclic) bond motifs is 1. The number of benzene rings is 2. The number of amides is 1. The van der Waals surface area contributed by atoms with Gasteiger partial charge in [0.25, 0.3) is 5.91 Å². The summed E-state index contributed by atoms with van der Waals surface area (Å²) in [7, 11) is 0. The molecule has 5 nitrogen and oxygen atoms in total. The van der Waals surface area contributed by atoms with Crippen molar-refractivity contribution < 1.29 is 4.79 Å². The van der Waals surface area contributed by atoms with Crippen molar-refractivity contribution in [3.05, 3.63) is 59.7 Å². The molecule has 0 aromatic heterocycles. The Morgan fingerprint density at radius 1 is 1.14 bits per heavy atom. The van der Waals surface area contributed by atoms with Gasteiger partial charge in [0, 0.05) is 40.8 Å². The molecule has 0 spiro atoms. The molecule has 2 heterocycles. The average molecular weight is 377 g/mol. The predicted octanol–water partition coefficient (Wildman–Crippen LogP) is 4.09. The number of hydrogen-bond acceptors (Lipinski definition) is 4. The van der Waals surface area contributed by atoms with Crippen molar-refractivity contribution in [1.82, 2.24) is 4.90 Å². The number of likely N-dealkylation sites (tertiary alicyclic amines) is 1. The Bertz CT molecular complexity index is 882. The molecule has 2 aromatic carbocycles. The molecule has 0 radical (unpaired) electrons. The number of carbonyl (C=O) groups excluding carboxylic acids is 1. The van der Waals surface area contributed by atoms with Crippen LogP contribution >= 0.6 is 0 Å². The smallest absolute Gasteiger partial charge is 0.256 e. The van der Waals surface area contributed by atoms with E-state index in [1.807, 2.05) is 25.1 Å². The highest BCUT2D eigenvalue weighted by molar-refractivity contribution is 6.31. The van der Waals surface area contributed by atoms with Crippen LogP contribution in [0.5, 0.6) is 0 Å². The van der Waals surface area contributed by atoms with E-state index < -0.39 is 0 Å². The van der Waals surface area contributed by atoms with Gasteiger partial charge in [0.1, 0.15) is 0 Å². The minimum absolute atomic E-state index is 0.0149. The molecule has 4 N–H and O–H groups in total. The van der Waals surface area contributed by atoms with E-state index >= 15 is 0 Å². The summed E-state index contributed by atoms with van der Waals surface area (Å²) in [5.41, 5.74) is 11.3. The quantitative estimate of drug-likeness (QED) is 0.543. The topological polar surface area (TPSA) is 70.4 Å². The fourth-order valence-corrected chi connectivity index (χ4v) is 4.01. The second kappa shape index (κ2) is 8.07. The first-order valence-electron chi connectivity index (χ1n) is 10.1. The number of nitrogens with zero attached hydrogens (tertiary/aromatic N) is 1. The molecule has 5 heteroatoms. The van der Waals surface area contributed by atoms with E-state index in [-0.39, 0.29) is 11.9 Å². The Morgan fingerprint density at radius 3 is 2.64 bits per heavy atom. The summed E-state index contributed by atoms with van der Waals surface area (Å²) in [5, 5.41) is 6.36. The highest BCUT2D eigenvalue weighted by Gasteiger charge is 2.24. The van der Waals surface area contributed by atoms with Crippen LogP contribution in [0.25, 0.3) is 5.57 Å². The van der Waals surface area contributed by atoms with Crippen LogP contribution < -0.4 is 16.4 Å². The Morgan fingerprint density at radius 2 is 1.89 bits per heavy atom. The van der Waals surface area contributed by atoms with Gasteiger partial charge < -0.3 is 16.4 Å². The van der Waals surface area contributed by atoms with Gasteiger partial charge in [-0.1, -0.05) is 18.6 Å². The van der Waals surface area contributed by atoms with E-state index in [1.165, 1.54) is 37.9 Å². The molecule has 0 saturated carbocycles. The molecular weight excluding hydrogens is 348 g/mol. The normalized spacial score (nSPS) is 19.3. The van der Waals surface area contributed by atoms with E-state index in [2.05, 4.69) is 39.8 Å². The van der Waals surface area contributed by atoms with Crippen molar-refractivity contribution in [3.8, 4) is 0 Å². The highest BCUT2D eigenvalue weighted by Crippen LogP contribution is 2.33. The van der Waals surface area contributed by atoms with Crippen LogP contribution in [0.15, 0.2) is 48.5 Å². The SMILES string of the molecule is CC(C=C1C(=O)Nc2ccc(N)cc21)Nc1ccc(CN2CCCCC2)cc1. The van der Waals surface area contributed by atoms with Crippen LogP contribution in [0.1, 0.15) is 37.3 Å². The lowest BCUT2D eigenvalue weighted by Crippen LogP contribution is -2.29. The fourth-order valence-electron chi connectivity index (χ4n) is 4.01. The zero-order chi connectivity index (χ0) is 19.5. The summed E-state index contributed by atoms with van der Waals surface area (Å²) in [5.74, 6) is -0.0777. The Kier molecular flexibility index (Phi) is 5.35. The summed E-state index contributed by atoms with van der Waals surface area (Å²) >= 11 is 0. The second-order valence-electron chi connectivity index (χ2n) is 7.81. The lowest BCUT2D eigenvalue weighted by molar-refractivity contribution is -0.110. The number of piperidine rings is 1. The van der Waals surface area contributed by atoms with Gasteiger partial charge >= 0.3 is 0 Å². The molecule has 2 aliphatic rings. The molecule has 2 aliphatic heterocycles. The third-order valence-electron chi connectivity index (χ3n) is 5.45. The standard InChI is InChI=1S/C23H28N4O/c1-16(13-21-20-14-18(24)7-10-22(20)26-23(21)28)25-19-8-5-17(6-9-19)15-27-11-3-2-4-12-27/h5-10,13-14,16,25H,2-4,11-12,15,24H2,1H3,(H,26,28). The maximum Gasteiger partial charge on any atom is 0.256 e. The summed E-state index contributed by atoms with van der Waals surface area (Å²) in [6.45, 7) is 5.49. The molecule has 4 rings (SSSR count). The number of nitrogen functional groups attached to an aromatic ring is 1. The van der Waals surface area contributed by atoms with Crippen LogP contribution in [0, 0.1) is 0 Å². The van der Waals surface area contributed by atoms with Crippen LogP contribution in [0.2, 0.25) is 0 Å². The molecule has 1 saturated heterocycles. The number of anilines is 3. The zero-order valence-corrected chi connectivity index (χ0v) is 16.4. The molecule has 1 fully saturated rings. The van der Waals surface area contributed by atoms with Crippen LogP contribution in [0.3, 0.4) is 0 Å². The Balaban J connectivity index is 1.41. The maximum absolute atomic E-state index is 12.3. The number of hydrogen-bond donors (Lipinski definition) is 3.